The molecule has 110 valence electrons. The number of carbonyl (C=O) groups excluding carboxylic acids is 1. The SMILES string of the molecule is CC1CCN(C(=O)COc2ccc(Br)cc2Br)C1CO. The van der Waals surface area contributed by atoms with Crippen molar-refractivity contribution in [2.24, 2.45) is 5.92 Å². The Morgan fingerprint density at radius 1 is 1.50 bits per heavy atom. The smallest absolute Gasteiger partial charge is 0.260 e. The van der Waals surface area contributed by atoms with E-state index in [1.165, 1.54) is 0 Å². The van der Waals surface area contributed by atoms with Gasteiger partial charge >= 0.3 is 0 Å². The van der Waals surface area contributed by atoms with Gasteiger partial charge in [-0.05, 0) is 46.5 Å². The number of rotatable bonds is 4. The number of halogens is 2. The van der Waals surface area contributed by atoms with E-state index < -0.39 is 0 Å². The van der Waals surface area contributed by atoms with Gasteiger partial charge in [0.25, 0.3) is 5.91 Å². The third kappa shape index (κ3) is 3.54. The van der Waals surface area contributed by atoms with Crippen LogP contribution in [0.25, 0.3) is 0 Å². The molecule has 20 heavy (non-hydrogen) atoms. The van der Waals surface area contributed by atoms with Crippen LogP contribution in [0.1, 0.15) is 13.3 Å². The van der Waals surface area contributed by atoms with Crippen molar-refractivity contribution in [1.29, 1.82) is 0 Å². The van der Waals surface area contributed by atoms with Crippen LogP contribution in [-0.4, -0.2) is 41.7 Å². The van der Waals surface area contributed by atoms with Crippen LogP contribution in [0.15, 0.2) is 27.1 Å². The van der Waals surface area contributed by atoms with Crippen molar-refractivity contribution in [3.63, 3.8) is 0 Å². The molecule has 1 N–H and O–H groups in total. The van der Waals surface area contributed by atoms with Gasteiger partial charge < -0.3 is 14.7 Å². The van der Waals surface area contributed by atoms with Crippen LogP contribution in [0.2, 0.25) is 0 Å². The summed E-state index contributed by atoms with van der Waals surface area (Å²) in [5.74, 6) is 0.890. The molecule has 4 nitrogen and oxygen atoms in total. The Kier molecular flexibility index (Phi) is 5.46. The number of amides is 1. The van der Waals surface area contributed by atoms with Crippen LogP contribution in [0.3, 0.4) is 0 Å². The minimum atomic E-state index is -0.0838. The molecule has 0 aliphatic carbocycles. The zero-order valence-electron chi connectivity index (χ0n) is 11.2. The van der Waals surface area contributed by atoms with Gasteiger partial charge in [0.05, 0.1) is 17.1 Å². The van der Waals surface area contributed by atoms with Gasteiger partial charge in [-0.25, -0.2) is 0 Å². The lowest BCUT2D eigenvalue weighted by molar-refractivity contribution is -0.135. The Morgan fingerprint density at radius 3 is 2.90 bits per heavy atom. The Bertz CT molecular complexity index is 495. The highest BCUT2D eigenvalue weighted by Gasteiger charge is 2.33. The third-order valence-corrected chi connectivity index (χ3v) is 4.75. The summed E-state index contributed by atoms with van der Waals surface area (Å²) >= 11 is 6.76. The normalized spacial score (nSPS) is 22.1. The number of ether oxygens (including phenoxy) is 1. The minimum Gasteiger partial charge on any atom is -0.483 e. The van der Waals surface area contributed by atoms with E-state index in [-0.39, 0.29) is 25.2 Å². The molecule has 1 fully saturated rings. The van der Waals surface area contributed by atoms with Crippen LogP contribution in [0.4, 0.5) is 0 Å². The zero-order chi connectivity index (χ0) is 14.7. The summed E-state index contributed by atoms with van der Waals surface area (Å²) in [6, 6.07) is 5.45. The second-order valence-electron chi connectivity index (χ2n) is 4.97. The molecule has 1 saturated heterocycles. The number of likely N-dealkylation sites (tertiary alicyclic amines) is 1. The molecule has 1 aliphatic heterocycles. The van der Waals surface area contributed by atoms with Crippen molar-refractivity contribution in [2.45, 2.75) is 19.4 Å². The molecule has 1 amide bonds. The van der Waals surface area contributed by atoms with Crippen LogP contribution in [0, 0.1) is 5.92 Å². The Balaban J connectivity index is 1.95. The molecular weight excluding hydrogens is 390 g/mol. The number of benzene rings is 1. The lowest BCUT2D eigenvalue weighted by Crippen LogP contribution is -2.42. The summed E-state index contributed by atoms with van der Waals surface area (Å²) in [6.07, 6.45) is 0.930. The highest BCUT2D eigenvalue weighted by atomic mass is 79.9. The molecule has 1 heterocycles. The number of aliphatic hydroxyl groups excluding tert-OH is 1. The first-order valence-electron chi connectivity index (χ1n) is 6.51. The topological polar surface area (TPSA) is 49.8 Å². The number of hydrogen-bond acceptors (Lipinski definition) is 3. The Labute approximate surface area is 135 Å². The summed E-state index contributed by atoms with van der Waals surface area (Å²) in [6.45, 7) is 2.74. The summed E-state index contributed by atoms with van der Waals surface area (Å²) in [5.41, 5.74) is 0. The highest BCUT2D eigenvalue weighted by molar-refractivity contribution is 9.11. The van der Waals surface area contributed by atoms with Gasteiger partial charge in [-0.3, -0.25) is 4.79 Å². The largest absolute Gasteiger partial charge is 0.483 e. The molecular formula is C14H17Br2NO3. The zero-order valence-corrected chi connectivity index (χ0v) is 14.4. The van der Waals surface area contributed by atoms with Crippen LogP contribution >= 0.6 is 31.9 Å². The van der Waals surface area contributed by atoms with E-state index in [0.717, 1.165) is 15.4 Å². The van der Waals surface area contributed by atoms with Crippen molar-refractivity contribution in [3.05, 3.63) is 27.1 Å². The summed E-state index contributed by atoms with van der Waals surface area (Å²) in [5, 5.41) is 9.37. The first-order chi connectivity index (χ1) is 9.52. The first-order valence-corrected chi connectivity index (χ1v) is 8.09. The van der Waals surface area contributed by atoms with Gasteiger partial charge in [0.2, 0.25) is 0 Å². The first kappa shape index (κ1) is 15.8. The molecule has 1 aromatic rings. The molecule has 0 radical (unpaired) electrons. The quantitative estimate of drug-likeness (QED) is 0.836. The molecule has 2 rings (SSSR count). The van der Waals surface area contributed by atoms with Crippen molar-refractivity contribution >= 4 is 37.8 Å². The van der Waals surface area contributed by atoms with E-state index in [0.29, 0.717) is 18.2 Å². The molecule has 2 unspecified atom stereocenters. The van der Waals surface area contributed by atoms with Gasteiger partial charge in [0.15, 0.2) is 6.61 Å². The molecule has 0 saturated carbocycles. The summed E-state index contributed by atoms with van der Waals surface area (Å²) < 4.78 is 7.29. The molecule has 0 bridgehead atoms. The van der Waals surface area contributed by atoms with E-state index in [1.54, 1.807) is 11.0 Å². The third-order valence-electron chi connectivity index (χ3n) is 3.64. The second kappa shape index (κ2) is 6.91. The van der Waals surface area contributed by atoms with E-state index in [1.807, 2.05) is 12.1 Å². The molecule has 2 atom stereocenters. The molecule has 1 aliphatic rings. The van der Waals surface area contributed by atoms with Gasteiger partial charge in [-0.15, -0.1) is 0 Å². The maximum atomic E-state index is 12.2. The summed E-state index contributed by atoms with van der Waals surface area (Å²) in [4.78, 5) is 13.9. The number of carbonyl (C=O) groups is 1. The number of hydrogen-bond donors (Lipinski definition) is 1. The van der Waals surface area contributed by atoms with E-state index in [2.05, 4.69) is 38.8 Å². The fraction of sp³-hybridized carbons (Fsp3) is 0.500. The lowest BCUT2D eigenvalue weighted by atomic mass is 10.0. The Morgan fingerprint density at radius 2 is 2.25 bits per heavy atom. The van der Waals surface area contributed by atoms with Crippen LogP contribution in [0.5, 0.6) is 5.75 Å². The van der Waals surface area contributed by atoms with Crippen molar-refractivity contribution in [3.8, 4) is 5.75 Å². The monoisotopic (exact) mass is 405 g/mol. The van der Waals surface area contributed by atoms with E-state index in [9.17, 15) is 9.90 Å². The average molecular weight is 407 g/mol. The maximum absolute atomic E-state index is 12.2. The lowest BCUT2D eigenvalue weighted by Gasteiger charge is -2.25. The van der Waals surface area contributed by atoms with Gasteiger partial charge in [-0.2, -0.15) is 0 Å². The van der Waals surface area contributed by atoms with Crippen LogP contribution in [-0.2, 0) is 4.79 Å². The van der Waals surface area contributed by atoms with Crippen LogP contribution < -0.4 is 4.74 Å². The Hall–Kier alpha value is -0.590. The average Bonchev–Trinajstić information content (AvgIpc) is 2.78. The number of nitrogens with zero attached hydrogens (tertiary/aromatic N) is 1. The van der Waals surface area contributed by atoms with Crippen molar-refractivity contribution in [2.75, 3.05) is 19.8 Å². The maximum Gasteiger partial charge on any atom is 0.260 e. The van der Waals surface area contributed by atoms with Crippen molar-refractivity contribution < 1.29 is 14.6 Å². The summed E-state index contributed by atoms with van der Waals surface area (Å²) in [7, 11) is 0. The predicted octanol–water partition coefficient (Wildman–Crippen LogP) is 2.82. The van der Waals surface area contributed by atoms with Gasteiger partial charge in [-0.1, -0.05) is 22.9 Å². The predicted molar refractivity (Wildman–Crippen MR) is 83.7 cm³/mol. The molecule has 1 aromatic carbocycles. The van der Waals surface area contributed by atoms with Gasteiger partial charge in [0, 0.05) is 11.0 Å². The fourth-order valence-electron chi connectivity index (χ4n) is 2.41. The molecule has 0 aromatic heterocycles. The molecule has 0 spiro atoms. The minimum absolute atomic E-state index is 0.00881. The highest BCUT2D eigenvalue weighted by Crippen LogP contribution is 2.29. The van der Waals surface area contributed by atoms with E-state index in [4.69, 9.17) is 4.74 Å². The number of aliphatic hydroxyl groups is 1. The molecule has 6 heteroatoms. The van der Waals surface area contributed by atoms with Crippen molar-refractivity contribution in [1.82, 2.24) is 4.90 Å². The van der Waals surface area contributed by atoms with Gasteiger partial charge in [0.1, 0.15) is 5.75 Å². The standard InChI is InChI=1S/C14H17Br2NO3/c1-9-4-5-17(12(9)7-18)14(19)8-20-13-3-2-10(15)6-11(13)16/h2-3,6,9,12,18H,4-5,7-8H2,1H3. The fourth-order valence-corrected chi connectivity index (χ4v) is 3.57. The second-order valence-corrected chi connectivity index (χ2v) is 6.74. The van der Waals surface area contributed by atoms with E-state index >= 15 is 0 Å².